The van der Waals surface area contributed by atoms with Gasteiger partial charge in [0.2, 0.25) is 10.0 Å². The lowest BCUT2D eigenvalue weighted by Crippen LogP contribution is -3.14. The lowest BCUT2D eigenvalue weighted by Gasteiger charge is -2.31. The van der Waals surface area contributed by atoms with Crippen LogP contribution in [0, 0.1) is 0 Å². The summed E-state index contributed by atoms with van der Waals surface area (Å²) in [7, 11) is -3.52. The average molecular weight is 395 g/mol. The van der Waals surface area contributed by atoms with E-state index in [-0.39, 0.29) is 9.92 Å². The van der Waals surface area contributed by atoms with Crippen molar-refractivity contribution in [3.8, 4) is 0 Å². The van der Waals surface area contributed by atoms with Crippen molar-refractivity contribution < 1.29 is 13.3 Å². The second-order valence-corrected chi connectivity index (χ2v) is 8.59. The van der Waals surface area contributed by atoms with Gasteiger partial charge < -0.3 is 4.90 Å². The molecule has 0 aliphatic carbocycles. The maximum atomic E-state index is 12.6. The molecule has 1 heterocycles. The Hall–Kier alpha value is -0.400. The summed E-state index contributed by atoms with van der Waals surface area (Å²) in [5.74, 6) is 0. The number of halogens is 2. The SMILES string of the molecule is C=C(C)C[NH+]1CCN(S(=O)(=O)c2ccc(Br)cc2Cl)CC1. The van der Waals surface area contributed by atoms with E-state index in [1.165, 1.54) is 9.21 Å². The summed E-state index contributed by atoms with van der Waals surface area (Å²) in [5.41, 5.74) is 1.12. The molecule has 4 nitrogen and oxygen atoms in total. The number of hydrogen-bond donors (Lipinski definition) is 1. The van der Waals surface area contributed by atoms with Gasteiger partial charge in [0.25, 0.3) is 0 Å². The molecule has 7 heteroatoms. The molecule has 0 saturated carbocycles. The summed E-state index contributed by atoms with van der Waals surface area (Å²) in [6.45, 7) is 9.41. The first-order valence-electron chi connectivity index (χ1n) is 6.74. The smallest absolute Gasteiger partial charge is 0.244 e. The Morgan fingerprint density at radius 1 is 1.43 bits per heavy atom. The Balaban J connectivity index is 2.13. The van der Waals surface area contributed by atoms with Gasteiger partial charge in [-0.05, 0) is 30.7 Å². The summed E-state index contributed by atoms with van der Waals surface area (Å²) >= 11 is 9.36. The number of nitrogens with zero attached hydrogens (tertiary/aromatic N) is 1. The zero-order valence-electron chi connectivity index (χ0n) is 11.9. The summed E-state index contributed by atoms with van der Waals surface area (Å²) in [5, 5.41) is 0.251. The maximum Gasteiger partial charge on any atom is 0.244 e. The molecule has 0 unspecified atom stereocenters. The monoisotopic (exact) mass is 393 g/mol. The fourth-order valence-electron chi connectivity index (χ4n) is 2.47. The second kappa shape index (κ2) is 6.79. The third kappa shape index (κ3) is 4.07. The first-order chi connectivity index (χ1) is 9.80. The van der Waals surface area contributed by atoms with Crippen LogP contribution in [-0.4, -0.2) is 45.4 Å². The summed E-state index contributed by atoms with van der Waals surface area (Å²) in [6.07, 6.45) is 0. The van der Waals surface area contributed by atoms with Gasteiger partial charge in [0.15, 0.2) is 0 Å². The molecule has 1 aliphatic heterocycles. The van der Waals surface area contributed by atoms with E-state index in [0.29, 0.717) is 13.1 Å². The van der Waals surface area contributed by atoms with E-state index in [2.05, 4.69) is 22.5 Å². The van der Waals surface area contributed by atoms with Gasteiger partial charge >= 0.3 is 0 Å². The zero-order chi connectivity index (χ0) is 15.6. The van der Waals surface area contributed by atoms with Crippen molar-refractivity contribution in [1.29, 1.82) is 0 Å². The lowest BCUT2D eigenvalue weighted by atomic mass is 10.3. The number of hydrogen-bond acceptors (Lipinski definition) is 2. The van der Waals surface area contributed by atoms with Crippen LogP contribution in [0.5, 0.6) is 0 Å². The Kier molecular flexibility index (Phi) is 5.48. The highest BCUT2D eigenvalue weighted by Crippen LogP contribution is 2.27. The minimum absolute atomic E-state index is 0.177. The van der Waals surface area contributed by atoms with Gasteiger partial charge in [0, 0.05) is 4.47 Å². The van der Waals surface area contributed by atoms with Crippen LogP contribution >= 0.6 is 27.5 Å². The van der Waals surface area contributed by atoms with Crippen molar-refractivity contribution >= 4 is 37.6 Å². The van der Waals surface area contributed by atoms with E-state index in [4.69, 9.17) is 11.6 Å². The largest absolute Gasteiger partial charge is 0.329 e. The molecule has 0 atom stereocenters. The van der Waals surface area contributed by atoms with Gasteiger partial charge in [-0.15, -0.1) is 0 Å². The predicted molar refractivity (Wildman–Crippen MR) is 88.3 cm³/mol. The third-order valence-corrected chi connectivity index (χ3v) is 6.37. The Morgan fingerprint density at radius 3 is 2.57 bits per heavy atom. The molecule has 1 aromatic rings. The van der Waals surface area contributed by atoms with Crippen molar-refractivity contribution in [2.24, 2.45) is 0 Å². The van der Waals surface area contributed by atoms with Crippen molar-refractivity contribution in [2.45, 2.75) is 11.8 Å². The molecule has 1 N–H and O–H groups in total. The van der Waals surface area contributed by atoms with Crippen LogP contribution < -0.4 is 4.90 Å². The lowest BCUT2D eigenvalue weighted by molar-refractivity contribution is -0.898. The molecule has 0 amide bonds. The summed E-state index contributed by atoms with van der Waals surface area (Å²) < 4.78 is 27.6. The predicted octanol–water partition coefficient (Wildman–Crippen LogP) is 1.57. The average Bonchev–Trinajstić information content (AvgIpc) is 2.38. The van der Waals surface area contributed by atoms with Crippen molar-refractivity contribution in [3.63, 3.8) is 0 Å². The molecule has 0 spiro atoms. The molecule has 0 aromatic heterocycles. The van der Waals surface area contributed by atoms with Crippen molar-refractivity contribution in [1.82, 2.24) is 4.31 Å². The Bertz CT molecular complexity index is 640. The maximum absolute atomic E-state index is 12.6. The molecule has 1 fully saturated rings. The van der Waals surface area contributed by atoms with E-state index in [0.717, 1.165) is 29.7 Å². The molecule has 1 aliphatic rings. The van der Waals surface area contributed by atoms with Gasteiger partial charge in [0.1, 0.15) is 4.90 Å². The Labute approximate surface area is 139 Å². The van der Waals surface area contributed by atoms with Gasteiger partial charge in [-0.3, -0.25) is 0 Å². The van der Waals surface area contributed by atoms with Crippen LogP contribution in [0.2, 0.25) is 5.02 Å². The number of quaternary nitrogens is 1. The van der Waals surface area contributed by atoms with Gasteiger partial charge in [-0.25, -0.2) is 8.42 Å². The van der Waals surface area contributed by atoms with E-state index in [1.54, 1.807) is 18.2 Å². The van der Waals surface area contributed by atoms with E-state index in [9.17, 15) is 8.42 Å². The number of nitrogens with one attached hydrogen (secondary N) is 1. The first-order valence-corrected chi connectivity index (χ1v) is 9.35. The van der Waals surface area contributed by atoms with Crippen LogP contribution in [0.3, 0.4) is 0 Å². The first kappa shape index (κ1) is 17.0. The van der Waals surface area contributed by atoms with E-state index in [1.807, 2.05) is 6.92 Å². The van der Waals surface area contributed by atoms with Crippen LogP contribution in [0.25, 0.3) is 0 Å². The van der Waals surface area contributed by atoms with Crippen LogP contribution in [0.15, 0.2) is 39.7 Å². The second-order valence-electron chi connectivity index (χ2n) is 5.36. The fraction of sp³-hybridized carbons (Fsp3) is 0.429. The molecular formula is C14H19BrClN2O2S+. The van der Waals surface area contributed by atoms with E-state index < -0.39 is 10.0 Å². The number of sulfonamides is 1. The van der Waals surface area contributed by atoms with E-state index >= 15 is 0 Å². The third-order valence-electron chi connectivity index (χ3n) is 3.49. The van der Waals surface area contributed by atoms with Crippen LogP contribution in [0.1, 0.15) is 6.92 Å². The van der Waals surface area contributed by atoms with Crippen molar-refractivity contribution in [3.05, 3.63) is 39.8 Å². The van der Waals surface area contributed by atoms with Crippen LogP contribution in [-0.2, 0) is 10.0 Å². The standard InChI is InChI=1S/C14H18BrClN2O2S/c1-11(2)10-17-5-7-18(8-6-17)21(19,20)14-4-3-12(15)9-13(14)16/h3-4,9H,1,5-8,10H2,2H3/p+1. The highest BCUT2D eigenvalue weighted by molar-refractivity contribution is 9.10. The molecular weight excluding hydrogens is 376 g/mol. The summed E-state index contributed by atoms with van der Waals surface area (Å²) in [6, 6.07) is 4.85. The minimum Gasteiger partial charge on any atom is -0.329 e. The number of piperazine rings is 1. The summed E-state index contributed by atoms with van der Waals surface area (Å²) in [4.78, 5) is 1.55. The van der Waals surface area contributed by atoms with Crippen molar-refractivity contribution in [2.75, 3.05) is 32.7 Å². The molecule has 21 heavy (non-hydrogen) atoms. The molecule has 1 saturated heterocycles. The Morgan fingerprint density at radius 2 is 2.05 bits per heavy atom. The molecule has 0 bridgehead atoms. The topological polar surface area (TPSA) is 41.8 Å². The van der Waals surface area contributed by atoms with Gasteiger partial charge in [-0.2, -0.15) is 4.31 Å². The molecule has 0 radical (unpaired) electrons. The van der Waals surface area contributed by atoms with Gasteiger partial charge in [-0.1, -0.05) is 34.1 Å². The fourth-order valence-corrected chi connectivity index (χ4v) is 4.92. The number of benzene rings is 1. The van der Waals surface area contributed by atoms with Crippen LogP contribution in [0.4, 0.5) is 0 Å². The quantitative estimate of drug-likeness (QED) is 0.788. The highest BCUT2D eigenvalue weighted by atomic mass is 79.9. The number of rotatable bonds is 4. The van der Waals surface area contributed by atoms with Gasteiger partial charge in [0.05, 0.1) is 37.7 Å². The zero-order valence-corrected chi connectivity index (χ0v) is 15.1. The normalized spacial score (nSPS) is 17.9. The molecule has 2 rings (SSSR count). The molecule has 116 valence electrons. The minimum atomic E-state index is -3.52. The molecule has 1 aromatic carbocycles. The highest BCUT2D eigenvalue weighted by Gasteiger charge is 2.31.